The van der Waals surface area contributed by atoms with E-state index in [0.717, 1.165) is 5.56 Å². The first kappa shape index (κ1) is 19.4. The highest BCUT2D eigenvalue weighted by molar-refractivity contribution is 5.70. The molecule has 1 aliphatic rings. The fraction of sp³-hybridized carbons (Fsp3) is 0.529. The van der Waals surface area contributed by atoms with E-state index >= 15 is 0 Å². The van der Waals surface area contributed by atoms with E-state index in [9.17, 15) is 9.59 Å². The van der Waals surface area contributed by atoms with Crippen LogP contribution in [0.5, 0.6) is 0 Å². The average molecular weight is 361 g/mol. The van der Waals surface area contributed by atoms with E-state index in [1.807, 2.05) is 30.3 Å². The second kappa shape index (κ2) is 8.44. The fourth-order valence-corrected chi connectivity index (χ4v) is 2.50. The summed E-state index contributed by atoms with van der Waals surface area (Å²) in [5.74, 6) is 0. The second-order valence-corrected chi connectivity index (χ2v) is 6.97. The third-order valence-electron chi connectivity index (χ3n) is 3.66. The van der Waals surface area contributed by atoms with Crippen LogP contribution in [-0.2, 0) is 16.1 Å². The van der Waals surface area contributed by atoms with Crippen molar-refractivity contribution in [3.05, 3.63) is 46.3 Å². The molecular weight excluding hydrogens is 338 g/mol. The lowest BCUT2D eigenvalue weighted by Gasteiger charge is -2.24. The van der Waals surface area contributed by atoms with Gasteiger partial charge in [0.25, 0.3) is 0 Å². The summed E-state index contributed by atoms with van der Waals surface area (Å²) in [5.41, 5.74) is 8.95. The molecule has 26 heavy (non-hydrogen) atoms. The van der Waals surface area contributed by atoms with E-state index in [2.05, 4.69) is 15.3 Å². The minimum absolute atomic E-state index is 0.126. The van der Waals surface area contributed by atoms with Crippen molar-refractivity contribution in [1.82, 2.24) is 10.2 Å². The third kappa shape index (κ3) is 5.86. The highest BCUT2D eigenvalue weighted by Gasteiger charge is 2.37. The van der Waals surface area contributed by atoms with Gasteiger partial charge in [-0.05, 0) is 31.9 Å². The quantitative estimate of drug-likeness (QED) is 0.503. The number of rotatable bonds is 4. The number of benzene rings is 1. The standard InChI is InChI=1S/C17H23N5O4/c1-17(2,3)26-16(24)22-9-13(14(10-22)20-21-18)19-15(23)25-11-12-7-5-4-6-8-12/h4-8,13-14H,9-11H2,1-3H3,(H,19,23)/t13-,14+/m0/s1. The van der Waals surface area contributed by atoms with Crippen molar-refractivity contribution < 1.29 is 19.1 Å². The number of likely N-dealkylation sites (tertiary alicyclic amines) is 1. The van der Waals surface area contributed by atoms with Gasteiger partial charge in [-0.25, -0.2) is 9.59 Å². The van der Waals surface area contributed by atoms with Crippen LogP contribution < -0.4 is 5.32 Å². The maximum absolute atomic E-state index is 12.2. The highest BCUT2D eigenvalue weighted by Crippen LogP contribution is 2.18. The lowest BCUT2D eigenvalue weighted by molar-refractivity contribution is 0.0288. The lowest BCUT2D eigenvalue weighted by Crippen LogP contribution is -2.43. The summed E-state index contributed by atoms with van der Waals surface area (Å²) >= 11 is 0. The number of hydrogen-bond acceptors (Lipinski definition) is 5. The van der Waals surface area contributed by atoms with Crippen LogP contribution in [0.2, 0.25) is 0 Å². The van der Waals surface area contributed by atoms with Crippen LogP contribution >= 0.6 is 0 Å². The van der Waals surface area contributed by atoms with Crippen molar-refractivity contribution in [3.63, 3.8) is 0 Å². The summed E-state index contributed by atoms with van der Waals surface area (Å²) in [7, 11) is 0. The Bertz CT molecular complexity index is 682. The number of azide groups is 1. The maximum atomic E-state index is 12.2. The number of hydrogen-bond donors (Lipinski definition) is 1. The van der Waals surface area contributed by atoms with Gasteiger partial charge >= 0.3 is 12.2 Å². The number of ether oxygens (including phenoxy) is 2. The molecule has 9 heteroatoms. The van der Waals surface area contributed by atoms with Gasteiger partial charge in [0.1, 0.15) is 12.2 Å². The zero-order chi connectivity index (χ0) is 19.2. The molecule has 140 valence electrons. The van der Waals surface area contributed by atoms with Gasteiger partial charge in [-0.3, -0.25) is 0 Å². The smallest absolute Gasteiger partial charge is 0.410 e. The normalized spacial score (nSPS) is 19.4. The molecule has 0 aliphatic carbocycles. The Balaban J connectivity index is 1.92. The molecule has 1 saturated heterocycles. The number of alkyl carbamates (subject to hydrolysis) is 1. The Morgan fingerprint density at radius 1 is 1.31 bits per heavy atom. The molecule has 0 bridgehead atoms. The molecule has 1 aliphatic heterocycles. The Morgan fingerprint density at radius 2 is 2.00 bits per heavy atom. The average Bonchev–Trinajstić information content (AvgIpc) is 2.96. The number of carbonyl (C=O) groups is 2. The van der Waals surface area contributed by atoms with E-state index < -0.39 is 29.9 Å². The molecule has 9 nitrogen and oxygen atoms in total. The predicted molar refractivity (Wildman–Crippen MR) is 94.3 cm³/mol. The zero-order valence-electron chi connectivity index (χ0n) is 15.1. The molecule has 1 fully saturated rings. The largest absolute Gasteiger partial charge is 0.445 e. The maximum Gasteiger partial charge on any atom is 0.410 e. The van der Waals surface area contributed by atoms with Gasteiger partial charge in [-0.2, -0.15) is 0 Å². The molecule has 1 aromatic carbocycles. The summed E-state index contributed by atoms with van der Waals surface area (Å²) in [5, 5.41) is 6.32. The van der Waals surface area contributed by atoms with Crippen LogP contribution in [0.3, 0.4) is 0 Å². The number of amides is 2. The van der Waals surface area contributed by atoms with Gasteiger partial charge in [-0.15, -0.1) is 0 Å². The summed E-state index contributed by atoms with van der Waals surface area (Å²) in [6, 6.07) is 8.13. The van der Waals surface area contributed by atoms with Crippen LogP contribution in [0.15, 0.2) is 35.4 Å². The number of nitrogens with zero attached hydrogens (tertiary/aromatic N) is 4. The van der Waals surface area contributed by atoms with Gasteiger partial charge in [0.05, 0.1) is 12.1 Å². The van der Waals surface area contributed by atoms with Gasteiger partial charge in [0.2, 0.25) is 0 Å². The SMILES string of the molecule is CC(C)(C)OC(=O)N1C[C@H](NC(=O)OCc2ccccc2)[C@H](N=[N+]=[N-])C1. The van der Waals surface area contributed by atoms with E-state index in [1.54, 1.807) is 20.8 Å². The van der Waals surface area contributed by atoms with Crippen molar-refractivity contribution in [2.45, 2.75) is 45.1 Å². The Kier molecular flexibility index (Phi) is 6.30. The van der Waals surface area contributed by atoms with Crippen molar-refractivity contribution in [2.75, 3.05) is 13.1 Å². The minimum Gasteiger partial charge on any atom is -0.445 e. The first-order chi connectivity index (χ1) is 12.3. The monoisotopic (exact) mass is 361 g/mol. The summed E-state index contributed by atoms with van der Waals surface area (Å²) in [4.78, 5) is 28.4. The van der Waals surface area contributed by atoms with E-state index in [-0.39, 0.29) is 19.7 Å². The molecule has 0 radical (unpaired) electrons. The molecule has 0 spiro atoms. The van der Waals surface area contributed by atoms with Gasteiger partial charge < -0.3 is 19.7 Å². The van der Waals surface area contributed by atoms with Gasteiger partial charge in [0, 0.05) is 18.0 Å². The Morgan fingerprint density at radius 3 is 2.62 bits per heavy atom. The van der Waals surface area contributed by atoms with Crippen LogP contribution in [0.25, 0.3) is 10.4 Å². The molecule has 1 N–H and O–H groups in total. The second-order valence-electron chi connectivity index (χ2n) is 6.97. The summed E-state index contributed by atoms with van der Waals surface area (Å²) in [6.45, 7) is 5.77. The zero-order valence-corrected chi connectivity index (χ0v) is 15.1. The van der Waals surface area contributed by atoms with E-state index in [0.29, 0.717) is 0 Å². The first-order valence-corrected chi connectivity index (χ1v) is 8.28. The van der Waals surface area contributed by atoms with Crippen LogP contribution in [-0.4, -0.2) is 47.9 Å². The van der Waals surface area contributed by atoms with Gasteiger partial charge in [0.15, 0.2) is 0 Å². The highest BCUT2D eigenvalue weighted by atomic mass is 16.6. The molecular formula is C17H23N5O4. The van der Waals surface area contributed by atoms with E-state index in [4.69, 9.17) is 15.0 Å². The minimum atomic E-state index is -0.636. The molecule has 2 atom stereocenters. The van der Waals surface area contributed by atoms with Crippen molar-refractivity contribution in [2.24, 2.45) is 5.11 Å². The number of nitrogens with one attached hydrogen (secondary N) is 1. The molecule has 1 aromatic rings. The molecule has 1 heterocycles. The third-order valence-corrected chi connectivity index (χ3v) is 3.66. The van der Waals surface area contributed by atoms with Crippen molar-refractivity contribution in [3.8, 4) is 0 Å². The van der Waals surface area contributed by atoms with Crippen LogP contribution in [0, 0.1) is 0 Å². The van der Waals surface area contributed by atoms with Crippen LogP contribution in [0.4, 0.5) is 9.59 Å². The number of carbonyl (C=O) groups excluding carboxylic acids is 2. The lowest BCUT2D eigenvalue weighted by atomic mass is 10.2. The Hall–Kier alpha value is -2.93. The summed E-state index contributed by atoms with van der Waals surface area (Å²) < 4.78 is 10.5. The van der Waals surface area contributed by atoms with Crippen molar-refractivity contribution in [1.29, 1.82) is 0 Å². The molecule has 0 aromatic heterocycles. The topological polar surface area (TPSA) is 117 Å². The van der Waals surface area contributed by atoms with Crippen LogP contribution in [0.1, 0.15) is 26.3 Å². The fourth-order valence-electron chi connectivity index (χ4n) is 2.50. The molecule has 2 amide bonds. The first-order valence-electron chi connectivity index (χ1n) is 8.28. The predicted octanol–water partition coefficient (Wildman–Crippen LogP) is 3.21. The summed E-state index contributed by atoms with van der Waals surface area (Å²) in [6.07, 6.45) is -1.15. The van der Waals surface area contributed by atoms with Gasteiger partial charge in [-0.1, -0.05) is 35.4 Å². The molecule has 0 saturated carbocycles. The Labute approximate surface area is 151 Å². The molecule has 2 rings (SSSR count). The molecule has 0 unspecified atom stereocenters. The van der Waals surface area contributed by atoms with Crippen molar-refractivity contribution >= 4 is 12.2 Å². The van der Waals surface area contributed by atoms with E-state index in [1.165, 1.54) is 4.90 Å².